The Bertz CT molecular complexity index is 321. The van der Waals surface area contributed by atoms with E-state index in [1.807, 2.05) is 0 Å². The molecule has 2 heterocycles. The van der Waals surface area contributed by atoms with Crippen LogP contribution in [-0.2, 0) is 0 Å². The monoisotopic (exact) mass is 269 g/mol. The van der Waals surface area contributed by atoms with Crippen molar-refractivity contribution in [3.05, 3.63) is 0 Å². The maximum Gasteiger partial charge on any atom is 0.407 e. The molecule has 2 N–H and O–H groups in total. The zero-order valence-electron chi connectivity index (χ0n) is 12.4. The van der Waals surface area contributed by atoms with Gasteiger partial charge in [-0.3, -0.25) is 4.90 Å². The summed E-state index contributed by atoms with van der Waals surface area (Å²) in [6.45, 7) is 11.0. The average molecular weight is 269 g/mol. The first-order chi connectivity index (χ1) is 8.89. The first-order valence-corrected chi connectivity index (χ1v) is 7.34. The van der Waals surface area contributed by atoms with Gasteiger partial charge in [-0.1, -0.05) is 20.8 Å². The lowest BCUT2D eigenvalue weighted by atomic mass is 9.83. The summed E-state index contributed by atoms with van der Waals surface area (Å²) in [5.74, 6) is 0. The first kappa shape index (κ1) is 14.6. The minimum absolute atomic E-state index is 0.00994. The molecule has 110 valence electrons. The van der Waals surface area contributed by atoms with E-state index in [0.717, 1.165) is 26.2 Å². The van der Waals surface area contributed by atoms with Crippen LogP contribution in [0, 0.1) is 5.41 Å². The van der Waals surface area contributed by atoms with E-state index in [1.54, 1.807) is 4.90 Å². The van der Waals surface area contributed by atoms with E-state index >= 15 is 0 Å². The third kappa shape index (κ3) is 3.39. The predicted molar refractivity (Wildman–Crippen MR) is 75.4 cm³/mol. The van der Waals surface area contributed by atoms with E-state index in [1.165, 1.54) is 12.8 Å². The van der Waals surface area contributed by atoms with Gasteiger partial charge in [-0.2, -0.15) is 0 Å². The number of piperidine rings is 1. The van der Waals surface area contributed by atoms with Gasteiger partial charge < -0.3 is 15.3 Å². The van der Waals surface area contributed by atoms with Crippen LogP contribution in [0.1, 0.15) is 33.6 Å². The number of nitrogens with one attached hydrogen (secondary N) is 1. The zero-order valence-corrected chi connectivity index (χ0v) is 12.4. The van der Waals surface area contributed by atoms with Gasteiger partial charge in [0.1, 0.15) is 0 Å². The molecule has 2 aliphatic rings. The summed E-state index contributed by atoms with van der Waals surface area (Å²) in [6, 6.07) is 0.718. The molecule has 5 heteroatoms. The van der Waals surface area contributed by atoms with Crippen molar-refractivity contribution in [2.75, 3.05) is 32.7 Å². The summed E-state index contributed by atoms with van der Waals surface area (Å²) in [4.78, 5) is 15.5. The Morgan fingerprint density at radius 1 is 1.21 bits per heavy atom. The molecular weight excluding hydrogens is 242 g/mol. The van der Waals surface area contributed by atoms with Gasteiger partial charge in [0.2, 0.25) is 0 Å². The van der Waals surface area contributed by atoms with Crippen LogP contribution in [0.25, 0.3) is 0 Å². The van der Waals surface area contributed by atoms with Gasteiger partial charge in [0, 0.05) is 25.7 Å². The number of amides is 1. The lowest BCUT2D eigenvalue weighted by Crippen LogP contribution is -2.62. The Kier molecular flexibility index (Phi) is 4.36. The molecule has 0 bridgehead atoms. The van der Waals surface area contributed by atoms with Crippen LogP contribution in [0.15, 0.2) is 0 Å². The minimum atomic E-state index is -0.773. The second-order valence-corrected chi connectivity index (χ2v) is 6.83. The highest BCUT2D eigenvalue weighted by molar-refractivity contribution is 5.65. The number of carbonyl (C=O) groups is 1. The molecule has 2 rings (SSSR count). The van der Waals surface area contributed by atoms with Crippen molar-refractivity contribution in [1.82, 2.24) is 15.1 Å². The zero-order chi connectivity index (χ0) is 14.0. The maximum absolute atomic E-state index is 11.4. The standard InChI is InChI=1S/C14H27N3O2/c1-14(2,3)12-10-16(8-9-17(12)13(18)19)11-4-6-15-7-5-11/h11-12,15H,4-10H2,1-3H3,(H,18,19). The van der Waals surface area contributed by atoms with Gasteiger partial charge in [0.05, 0.1) is 6.04 Å². The van der Waals surface area contributed by atoms with Crippen molar-refractivity contribution >= 4 is 6.09 Å². The lowest BCUT2D eigenvalue weighted by molar-refractivity contribution is 0.000780. The third-order valence-electron chi connectivity index (χ3n) is 4.48. The Labute approximate surface area is 115 Å². The van der Waals surface area contributed by atoms with Gasteiger partial charge in [-0.25, -0.2) is 4.79 Å². The van der Waals surface area contributed by atoms with Crippen LogP contribution in [-0.4, -0.2) is 65.8 Å². The first-order valence-electron chi connectivity index (χ1n) is 7.34. The molecule has 0 radical (unpaired) electrons. The number of hydrogen-bond donors (Lipinski definition) is 2. The number of hydrogen-bond acceptors (Lipinski definition) is 3. The quantitative estimate of drug-likeness (QED) is 0.756. The highest BCUT2D eigenvalue weighted by Crippen LogP contribution is 2.29. The molecule has 1 atom stereocenters. The van der Waals surface area contributed by atoms with Gasteiger partial charge in [0.15, 0.2) is 0 Å². The summed E-state index contributed by atoms with van der Waals surface area (Å²) in [7, 11) is 0. The molecule has 2 saturated heterocycles. The van der Waals surface area contributed by atoms with E-state index in [0.29, 0.717) is 12.6 Å². The molecule has 19 heavy (non-hydrogen) atoms. The van der Waals surface area contributed by atoms with Crippen LogP contribution >= 0.6 is 0 Å². The van der Waals surface area contributed by atoms with Crippen LogP contribution in [0.3, 0.4) is 0 Å². The van der Waals surface area contributed by atoms with E-state index < -0.39 is 6.09 Å². The molecular formula is C14H27N3O2. The average Bonchev–Trinajstić information content (AvgIpc) is 2.38. The second kappa shape index (κ2) is 5.67. The third-order valence-corrected chi connectivity index (χ3v) is 4.48. The van der Waals surface area contributed by atoms with Crippen molar-refractivity contribution in [1.29, 1.82) is 0 Å². The summed E-state index contributed by atoms with van der Waals surface area (Å²) >= 11 is 0. The molecule has 1 unspecified atom stereocenters. The molecule has 2 fully saturated rings. The Morgan fingerprint density at radius 2 is 1.84 bits per heavy atom. The summed E-state index contributed by atoms with van der Waals surface area (Å²) in [6.07, 6.45) is 1.60. The molecule has 0 saturated carbocycles. The molecule has 0 aromatic rings. The van der Waals surface area contributed by atoms with Crippen molar-refractivity contribution in [3.63, 3.8) is 0 Å². The molecule has 2 aliphatic heterocycles. The number of piperazine rings is 1. The van der Waals surface area contributed by atoms with Crippen LogP contribution in [0.5, 0.6) is 0 Å². The van der Waals surface area contributed by atoms with Crippen LogP contribution < -0.4 is 5.32 Å². The van der Waals surface area contributed by atoms with Crippen molar-refractivity contribution in [2.45, 2.75) is 45.7 Å². The predicted octanol–water partition coefficient (Wildman–Crippen LogP) is 1.45. The highest BCUT2D eigenvalue weighted by Gasteiger charge is 2.39. The molecule has 1 amide bonds. The fourth-order valence-electron chi connectivity index (χ4n) is 3.28. The van der Waals surface area contributed by atoms with Crippen molar-refractivity contribution in [3.8, 4) is 0 Å². The highest BCUT2D eigenvalue weighted by atomic mass is 16.4. The van der Waals surface area contributed by atoms with E-state index in [9.17, 15) is 9.90 Å². The fourth-order valence-corrected chi connectivity index (χ4v) is 3.28. The molecule has 5 nitrogen and oxygen atoms in total. The lowest BCUT2D eigenvalue weighted by Gasteiger charge is -2.48. The topological polar surface area (TPSA) is 55.8 Å². The Balaban J connectivity index is 2.05. The summed E-state index contributed by atoms with van der Waals surface area (Å²) in [5, 5.41) is 12.8. The largest absolute Gasteiger partial charge is 0.465 e. The van der Waals surface area contributed by atoms with Crippen molar-refractivity contribution in [2.24, 2.45) is 5.41 Å². The molecule has 0 spiro atoms. The van der Waals surface area contributed by atoms with Gasteiger partial charge in [0.25, 0.3) is 0 Å². The summed E-state index contributed by atoms with van der Waals surface area (Å²) < 4.78 is 0. The molecule has 0 aromatic carbocycles. The molecule has 0 aliphatic carbocycles. The van der Waals surface area contributed by atoms with Gasteiger partial charge >= 0.3 is 6.09 Å². The van der Waals surface area contributed by atoms with Crippen LogP contribution in [0.2, 0.25) is 0 Å². The van der Waals surface area contributed by atoms with E-state index in [4.69, 9.17) is 0 Å². The SMILES string of the molecule is CC(C)(C)C1CN(C2CCNCC2)CCN1C(=O)O. The fraction of sp³-hybridized carbons (Fsp3) is 0.929. The second-order valence-electron chi connectivity index (χ2n) is 6.83. The Morgan fingerprint density at radius 3 is 2.37 bits per heavy atom. The maximum atomic E-state index is 11.4. The minimum Gasteiger partial charge on any atom is -0.465 e. The number of carboxylic acid groups (broad SMARTS) is 1. The smallest absolute Gasteiger partial charge is 0.407 e. The summed E-state index contributed by atoms with van der Waals surface area (Å²) in [5.41, 5.74) is -0.00994. The van der Waals surface area contributed by atoms with Gasteiger partial charge in [-0.15, -0.1) is 0 Å². The molecule has 0 aromatic heterocycles. The van der Waals surface area contributed by atoms with E-state index in [-0.39, 0.29) is 11.5 Å². The number of rotatable bonds is 1. The van der Waals surface area contributed by atoms with Crippen LogP contribution in [0.4, 0.5) is 4.79 Å². The van der Waals surface area contributed by atoms with Gasteiger partial charge in [-0.05, 0) is 31.3 Å². The Hall–Kier alpha value is -0.810. The normalized spacial score (nSPS) is 27.5. The number of nitrogens with zero attached hydrogens (tertiary/aromatic N) is 2. The van der Waals surface area contributed by atoms with E-state index in [2.05, 4.69) is 31.0 Å². The van der Waals surface area contributed by atoms with Crippen molar-refractivity contribution < 1.29 is 9.90 Å².